The van der Waals surface area contributed by atoms with E-state index in [1.807, 2.05) is 38.1 Å². The van der Waals surface area contributed by atoms with Crippen LogP contribution < -0.4 is 20.1 Å². The normalized spacial score (nSPS) is 10.8. The molecule has 0 unspecified atom stereocenters. The fraction of sp³-hybridized carbons (Fsp3) is 0.148. The standard InChI is InChI=1S/C27H24ClN3O4/c1-17-4-8-23(12-18(17)2)30-26(32)16-35-24-11-5-19(14-25(24)34-3)13-20(15-29)27(33)31-22-9-6-21(28)7-10-22/h4-14H,16H2,1-3H3,(H,30,32)(H,31,33)/b20-13-. The molecule has 0 aliphatic heterocycles. The summed E-state index contributed by atoms with van der Waals surface area (Å²) in [7, 11) is 1.46. The van der Waals surface area contributed by atoms with E-state index in [0.717, 1.165) is 11.1 Å². The Labute approximate surface area is 208 Å². The minimum Gasteiger partial charge on any atom is -0.493 e. The van der Waals surface area contributed by atoms with Crippen molar-refractivity contribution in [3.63, 3.8) is 0 Å². The number of benzene rings is 3. The van der Waals surface area contributed by atoms with Crippen molar-refractivity contribution in [1.29, 1.82) is 5.26 Å². The molecule has 8 heteroatoms. The topological polar surface area (TPSA) is 100 Å². The molecular weight excluding hydrogens is 466 g/mol. The molecule has 3 rings (SSSR count). The summed E-state index contributed by atoms with van der Waals surface area (Å²) in [6.07, 6.45) is 1.43. The van der Waals surface area contributed by atoms with E-state index in [2.05, 4.69) is 10.6 Å². The van der Waals surface area contributed by atoms with Crippen molar-refractivity contribution in [3.8, 4) is 17.6 Å². The molecule has 7 nitrogen and oxygen atoms in total. The molecule has 0 heterocycles. The number of amides is 2. The lowest BCUT2D eigenvalue weighted by atomic mass is 10.1. The number of hydrogen-bond acceptors (Lipinski definition) is 5. The van der Waals surface area contributed by atoms with Gasteiger partial charge in [0.15, 0.2) is 18.1 Å². The Morgan fingerprint density at radius 3 is 2.31 bits per heavy atom. The number of hydrogen-bond donors (Lipinski definition) is 2. The summed E-state index contributed by atoms with van der Waals surface area (Å²) in [5.74, 6) is -0.167. The van der Waals surface area contributed by atoms with Crippen LogP contribution in [-0.4, -0.2) is 25.5 Å². The smallest absolute Gasteiger partial charge is 0.266 e. The highest BCUT2D eigenvalue weighted by molar-refractivity contribution is 6.30. The Hall–Kier alpha value is -4.28. The molecule has 0 aliphatic rings. The van der Waals surface area contributed by atoms with Gasteiger partial charge in [0.1, 0.15) is 11.6 Å². The van der Waals surface area contributed by atoms with Crippen molar-refractivity contribution in [1.82, 2.24) is 0 Å². The minimum absolute atomic E-state index is 0.0940. The zero-order valence-electron chi connectivity index (χ0n) is 19.5. The average molecular weight is 490 g/mol. The number of aryl methyl sites for hydroxylation is 2. The van der Waals surface area contributed by atoms with Gasteiger partial charge in [-0.1, -0.05) is 23.7 Å². The molecule has 2 N–H and O–H groups in total. The number of ether oxygens (including phenoxy) is 2. The fourth-order valence-corrected chi connectivity index (χ4v) is 3.23. The third-order valence-electron chi connectivity index (χ3n) is 5.12. The van der Waals surface area contributed by atoms with Gasteiger partial charge in [-0.05, 0) is 85.1 Å². The first kappa shape index (κ1) is 25.3. The first-order valence-corrected chi connectivity index (χ1v) is 11.0. The highest BCUT2D eigenvalue weighted by Gasteiger charge is 2.12. The molecule has 3 aromatic rings. The van der Waals surface area contributed by atoms with Gasteiger partial charge < -0.3 is 20.1 Å². The SMILES string of the molecule is COc1cc(/C=C(/C#N)C(=O)Nc2ccc(Cl)cc2)ccc1OCC(=O)Nc1ccc(C)c(C)c1. The van der Waals surface area contributed by atoms with Gasteiger partial charge >= 0.3 is 0 Å². The van der Waals surface area contributed by atoms with Crippen LogP contribution in [0.15, 0.2) is 66.2 Å². The first-order valence-electron chi connectivity index (χ1n) is 10.7. The number of nitrogens with one attached hydrogen (secondary N) is 2. The third kappa shape index (κ3) is 7.10. The number of carbonyl (C=O) groups is 2. The molecule has 0 aliphatic carbocycles. The number of nitrogens with zero attached hydrogens (tertiary/aromatic N) is 1. The maximum atomic E-state index is 12.5. The molecule has 0 atom stereocenters. The Morgan fingerprint density at radius 2 is 1.66 bits per heavy atom. The predicted octanol–water partition coefficient (Wildman–Crippen LogP) is 5.53. The predicted molar refractivity (Wildman–Crippen MR) is 137 cm³/mol. The monoisotopic (exact) mass is 489 g/mol. The van der Waals surface area contributed by atoms with Crippen LogP contribution in [0.3, 0.4) is 0 Å². The Balaban J connectivity index is 1.67. The summed E-state index contributed by atoms with van der Waals surface area (Å²) in [6.45, 7) is 3.76. The van der Waals surface area contributed by atoms with Gasteiger partial charge in [-0.3, -0.25) is 9.59 Å². The van der Waals surface area contributed by atoms with Gasteiger partial charge in [0.05, 0.1) is 7.11 Å². The van der Waals surface area contributed by atoms with Crippen molar-refractivity contribution in [2.24, 2.45) is 0 Å². The number of methoxy groups -OCH3 is 1. The van der Waals surface area contributed by atoms with E-state index in [1.54, 1.807) is 42.5 Å². The molecule has 2 amide bonds. The summed E-state index contributed by atoms with van der Waals surface area (Å²) in [5, 5.41) is 15.4. The summed E-state index contributed by atoms with van der Waals surface area (Å²) in [4.78, 5) is 24.8. The van der Waals surface area contributed by atoms with Crippen molar-refractivity contribution in [2.45, 2.75) is 13.8 Å². The fourth-order valence-electron chi connectivity index (χ4n) is 3.10. The average Bonchev–Trinajstić information content (AvgIpc) is 2.85. The van der Waals surface area contributed by atoms with Crippen LogP contribution in [0.1, 0.15) is 16.7 Å². The molecule has 35 heavy (non-hydrogen) atoms. The van der Waals surface area contributed by atoms with Crippen LogP contribution in [0.2, 0.25) is 5.02 Å². The van der Waals surface area contributed by atoms with Gasteiger partial charge in [0.25, 0.3) is 11.8 Å². The van der Waals surface area contributed by atoms with Gasteiger partial charge in [-0.25, -0.2) is 0 Å². The number of anilines is 2. The Bertz CT molecular complexity index is 1310. The lowest BCUT2D eigenvalue weighted by Crippen LogP contribution is -2.20. The largest absolute Gasteiger partial charge is 0.493 e. The molecule has 0 saturated carbocycles. The number of rotatable bonds is 8. The van der Waals surface area contributed by atoms with Gasteiger partial charge in [-0.15, -0.1) is 0 Å². The molecule has 0 saturated heterocycles. The van der Waals surface area contributed by atoms with Crippen LogP contribution in [0.5, 0.6) is 11.5 Å². The molecule has 3 aromatic carbocycles. The minimum atomic E-state index is -0.558. The van der Waals surface area contributed by atoms with Gasteiger partial charge in [0.2, 0.25) is 0 Å². The number of nitriles is 1. The zero-order valence-corrected chi connectivity index (χ0v) is 20.3. The molecule has 0 fully saturated rings. The summed E-state index contributed by atoms with van der Waals surface area (Å²) >= 11 is 5.85. The van der Waals surface area contributed by atoms with Crippen molar-refractivity contribution in [2.75, 3.05) is 24.4 Å². The maximum absolute atomic E-state index is 12.5. The quantitative estimate of drug-likeness (QED) is 0.320. The number of halogens is 1. The maximum Gasteiger partial charge on any atom is 0.266 e. The van der Waals surface area contributed by atoms with E-state index in [1.165, 1.54) is 13.2 Å². The molecule has 0 aromatic heterocycles. The Morgan fingerprint density at radius 1 is 0.943 bits per heavy atom. The van der Waals surface area contributed by atoms with Crippen LogP contribution in [0.4, 0.5) is 11.4 Å². The van der Waals surface area contributed by atoms with E-state index in [4.69, 9.17) is 21.1 Å². The molecular formula is C27H24ClN3O4. The van der Waals surface area contributed by atoms with Crippen molar-refractivity contribution >= 4 is 40.9 Å². The van der Waals surface area contributed by atoms with Crippen molar-refractivity contribution in [3.05, 3.63) is 87.9 Å². The summed E-state index contributed by atoms with van der Waals surface area (Å²) in [6, 6.07) is 19.0. The van der Waals surface area contributed by atoms with Crippen LogP contribution in [0.25, 0.3) is 6.08 Å². The van der Waals surface area contributed by atoms with Crippen LogP contribution >= 0.6 is 11.6 Å². The van der Waals surface area contributed by atoms with Gasteiger partial charge in [-0.2, -0.15) is 5.26 Å². The second kappa shape index (κ2) is 11.7. The second-order valence-corrected chi connectivity index (χ2v) is 8.11. The number of carbonyl (C=O) groups excluding carboxylic acids is 2. The van der Waals surface area contributed by atoms with E-state index < -0.39 is 5.91 Å². The Kier molecular flexibility index (Phi) is 8.49. The lowest BCUT2D eigenvalue weighted by Gasteiger charge is -2.12. The van der Waals surface area contributed by atoms with Gasteiger partial charge in [0, 0.05) is 16.4 Å². The van der Waals surface area contributed by atoms with E-state index in [0.29, 0.717) is 33.5 Å². The molecule has 0 radical (unpaired) electrons. The molecule has 0 spiro atoms. The van der Waals surface area contributed by atoms with E-state index in [9.17, 15) is 14.9 Å². The third-order valence-corrected chi connectivity index (χ3v) is 5.37. The van der Waals surface area contributed by atoms with Crippen LogP contribution in [-0.2, 0) is 9.59 Å². The summed E-state index contributed by atoms with van der Waals surface area (Å²) in [5.41, 5.74) is 3.88. The molecule has 0 bridgehead atoms. The van der Waals surface area contributed by atoms with Crippen molar-refractivity contribution < 1.29 is 19.1 Å². The second-order valence-electron chi connectivity index (χ2n) is 7.68. The van der Waals surface area contributed by atoms with E-state index in [-0.39, 0.29) is 18.1 Å². The summed E-state index contributed by atoms with van der Waals surface area (Å²) < 4.78 is 11.0. The molecule has 178 valence electrons. The van der Waals surface area contributed by atoms with E-state index >= 15 is 0 Å². The highest BCUT2D eigenvalue weighted by atomic mass is 35.5. The first-order chi connectivity index (χ1) is 16.8. The lowest BCUT2D eigenvalue weighted by molar-refractivity contribution is -0.118. The highest BCUT2D eigenvalue weighted by Crippen LogP contribution is 2.29. The zero-order chi connectivity index (χ0) is 25.4. The van der Waals surface area contributed by atoms with Crippen LogP contribution in [0, 0.1) is 25.2 Å².